The lowest BCUT2D eigenvalue weighted by atomic mass is 9.34. The third kappa shape index (κ3) is 2.25. The van der Waals surface area contributed by atoms with Crippen molar-refractivity contribution < 1.29 is 0 Å². The van der Waals surface area contributed by atoms with Gasteiger partial charge in [0.2, 0.25) is 0 Å². The normalized spacial score (nSPS) is 13.4. The average Bonchev–Trinajstić information content (AvgIpc) is 3.38. The van der Waals surface area contributed by atoms with Gasteiger partial charge in [-0.15, -0.1) is 0 Å². The van der Waals surface area contributed by atoms with E-state index < -0.39 is 0 Å². The van der Waals surface area contributed by atoms with Crippen molar-refractivity contribution in [1.29, 1.82) is 0 Å². The van der Waals surface area contributed by atoms with Crippen LogP contribution in [0.5, 0.6) is 0 Å². The van der Waals surface area contributed by atoms with E-state index in [1.54, 1.807) is 0 Å². The number of aryl methyl sites for hydroxylation is 4. The highest BCUT2D eigenvalue weighted by Crippen LogP contribution is 2.40. The maximum absolute atomic E-state index is 2.56. The van der Waals surface area contributed by atoms with E-state index in [0.717, 1.165) is 0 Å². The predicted molar refractivity (Wildman–Crippen MR) is 159 cm³/mol. The molecule has 3 heteroatoms. The van der Waals surface area contributed by atoms with Crippen LogP contribution in [0.15, 0.2) is 78.9 Å². The molecular weight excluding hydrogens is 447 g/mol. The highest BCUT2D eigenvalue weighted by atomic mass is 15.0. The number of nitrogens with zero attached hydrogens (tertiary/aromatic N) is 2. The minimum atomic E-state index is 0.215. The molecular formula is C34H25BN2. The summed E-state index contributed by atoms with van der Waals surface area (Å²) >= 11 is 0. The summed E-state index contributed by atoms with van der Waals surface area (Å²) in [6, 6.07) is 30.5. The molecule has 9 rings (SSSR count). The first-order valence-electron chi connectivity index (χ1n) is 13.2. The molecule has 0 saturated heterocycles. The second-order valence-electron chi connectivity index (χ2n) is 11.4. The van der Waals surface area contributed by atoms with Crippen molar-refractivity contribution in [2.24, 2.45) is 0 Å². The van der Waals surface area contributed by atoms with Crippen LogP contribution in [0.4, 0.5) is 0 Å². The second-order valence-corrected chi connectivity index (χ2v) is 11.4. The van der Waals surface area contributed by atoms with Crippen LogP contribution in [-0.2, 0) is 0 Å². The monoisotopic (exact) mass is 472 g/mol. The molecule has 0 radical (unpaired) electrons. The Kier molecular flexibility index (Phi) is 3.42. The van der Waals surface area contributed by atoms with Crippen LogP contribution >= 0.6 is 0 Å². The fraction of sp³-hybridized carbons (Fsp3) is 0.118. The molecule has 0 spiro atoms. The van der Waals surface area contributed by atoms with E-state index >= 15 is 0 Å². The van der Waals surface area contributed by atoms with Gasteiger partial charge >= 0.3 is 0 Å². The Balaban J connectivity index is 1.60. The SMILES string of the molecule is Cc1ccc2c(c1)-n1c3ccc(C)cc3c3ccc4c(c31)B2c1cc(C)cc2c3ccc(C)cc3n-4c12. The molecule has 7 aromatic rings. The van der Waals surface area contributed by atoms with Crippen molar-refractivity contribution >= 4 is 66.7 Å². The second kappa shape index (κ2) is 6.36. The number of fused-ring (bicyclic) bond motifs is 11. The van der Waals surface area contributed by atoms with Crippen LogP contribution in [0.2, 0.25) is 0 Å². The zero-order valence-corrected chi connectivity index (χ0v) is 21.5. The van der Waals surface area contributed by atoms with Crippen LogP contribution in [0.1, 0.15) is 22.3 Å². The number of rotatable bonds is 0. The average molecular weight is 472 g/mol. The zero-order valence-electron chi connectivity index (χ0n) is 21.5. The van der Waals surface area contributed by atoms with Crippen molar-refractivity contribution in [3.8, 4) is 11.4 Å². The van der Waals surface area contributed by atoms with Gasteiger partial charge in [0.25, 0.3) is 6.71 Å². The van der Waals surface area contributed by atoms with Crippen LogP contribution in [-0.4, -0.2) is 15.8 Å². The lowest BCUT2D eigenvalue weighted by Crippen LogP contribution is -2.59. The van der Waals surface area contributed by atoms with Crippen LogP contribution in [0.3, 0.4) is 0 Å². The van der Waals surface area contributed by atoms with E-state index in [0.29, 0.717) is 0 Å². The van der Waals surface area contributed by atoms with Gasteiger partial charge in [0.1, 0.15) is 0 Å². The van der Waals surface area contributed by atoms with Gasteiger partial charge in [-0.3, -0.25) is 0 Å². The first-order chi connectivity index (χ1) is 18.0. The number of hydrogen-bond acceptors (Lipinski definition) is 0. The molecule has 2 nitrogen and oxygen atoms in total. The quantitative estimate of drug-likeness (QED) is 0.231. The van der Waals surface area contributed by atoms with Crippen LogP contribution < -0.4 is 16.4 Å². The molecule has 0 saturated carbocycles. The maximum atomic E-state index is 2.56. The molecule has 0 amide bonds. The third-order valence-electron chi connectivity index (χ3n) is 8.87. The fourth-order valence-electron chi connectivity index (χ4n) is 7.44. The summed E-state index contributed by atoms with van der Waals surface area (Å²) in [5.74, 6) is 0. The molecule has 2 aromatic heterocycles. The summed E-state index contributed by atoms with van der Waals surface area (Å²) in [7, 11) is 0. The van der Waals surface area contributed by atoms with Crippen LogP contribution in [0, 0.1) is 27.7 Å². The van der Waals surface area contributed by atoms with Crippen molar-refractivity contribution in [3.63, 3.8) is 0 Å². The minimum Gasteiger partial charge on any atom is -0.310 e. The summed E-state index contributed by atoms with van der Waals surface area (Å²) in [6.07, 6.45) is 0. The van der Waals surface area contributed by atoms with Crippen LogP contribution in [0.25, 0.3) is 55.0 Å². The Hall–Kier alpha value is -4.24. The Labute approximate surface area is 215 Å². The van der Waals surface area contributed by atoms with Gasteiger partial charge in [-0.1, -0.05) is 53.6 Å². The molecule has 5 aromatic carbocycles. The van der Waals surface area contributed by atoms with Crippen molar-refractivity contribution in [2.75, 3.05) is 0 Å². The molecule has 0 fully saturated rings. The van der Waals surface area contributed by atoms with E-state index in [1.165, 1.54) is 93.6 Å². The Morgan fingerprint density at radius 1 is 0.459 bits per heavy atom. The summed E-state index contributed by atoms with van der Waals surface area (Å²) in [4.78, 5) is 0. The first-order valence-corrected chi connectivity index (χ1v) is 13.2. The standard InChI is InChI=1S/C34H25BN2/c1-18-7-11-28-24(13-18)23-9-12-29-32-34(23)36(28)31-17-20(3)6-10-26(31)35(32)27-15-21(4)14-25-22-8-5-19(2)16-30(22)37(29)33(25)27/h5-17H,1-4H3. The molecule has 0 atom stereocenters. The molecule has 0 unspecified atom stereocenters. The van der Waals surface area contributed by atoms with E-state index in [4.69, 9.17) is 0 Å². The van der Waals surface area contributed by atoms with E-state index in [2.05, 4.69) is 116 Å². The topological polar surface area (TPSA) is 9.86 Å². The first kappa shape index (κ1) is 19.9. The number of aromatic nitrogens is 2. The highest BCUT2D eigenvalue weighted by molar-refractivity contribution is 7.00. The Bertz CT molecular complexity index is 2190. The summed E-state index contributed by atoms with van der Waals surface area (Å²) in [5, 5.41) is 5.41. The molecule has 174 valence electrons. The minimum absolute atomic E-state index is 0.215. The Morgan fingerprint density at radius 3 is 2.05 bits per heavy atom. The number of hydrogen-bond donors (Lipinski definition) is 0. The lowest BCUT2D eigenvalue weighted by Gasteiger charge is -2.33. The van der Waals surface area contributed by atoms with Crippen molar-refractivity contribution in [2.45, 2.75) is 27.7 Å². The van der Waals surface area contributed by atoms with Gasteiger partial charge < -0.3 is 9.13 Å². The van der Waals surface area contributed by atoms with Gasteiger partial charge in [0.15, 0.2) is 0 Å². The van der Waals surface area contributed by atoms with Gasteiger partial charge in [0, 0.05) is 38.4 Å². The van der Waals surface area contributed by atoms with Gasteiger partial charge in [-0.2, -0.15) is 0 Å². The lowest BCUT2D eigenvalue weighted by molar-refractivity contribution is 1.15. The summed E-state index contributed by atoms with van der Waals surface area (Å²) < 4.78 is 5.11. The predicted octanol–water partition coefficient (Wildman–Crippen LogP) is 6.26. The van der Waals surface area contributed by atoms with E-state index in [-0.39, 0.29) is 6.71 Å². The van der Waals surface area contributed by atoms with Gasteiger partial charge in [0.05, 0.1) is 16.6 Å². The maximum Gasteiger partial charge on any atom is 0.252 e. The molecule has 4 heterocycles. The molecule has 0 bridgehead atoms. The van der Waals surface area contributed by atoms with E-state index in [9.17, 15) is 0 Å². The molecule has 2 aliphatic rings. The summed E-state index contributed by atoms with van der Waals surface area (Å²) in [6.45, 7) is 9.08. The van der Waals surface area contributed by atoms with E-state index in [1.807, 2.05) is 0 Å². The largest absolute Gasteiger partial charge is 0.310 e. The molecule has 0 aliphatic carbocycles. The molecule has 0 N–H and O–H groups in total. The Morgan fingerprint density at radius 2 is 1.16 bits per heavy atom. The molecule has 2 aliphatic heterocycles. The van der Waals surface area contributed by atoms with Gasteiger partial charge in [-0.05, 0) is 91.6 Å². The smallest absolute Gasteiger partial charge is 0.252 e. The van der Waals surface area contributed by atoms with Crippen molar-refractivity contribution in [1.82, 2.24) is 9.13 Å². The fourth-order valence-corrected chi connectivity index (χ4v) is 7.44. The highest BCUT2D eigenvalue weighted by Gasteiger charge is 2.40. The van der Waals surface area contributed by atoms with Crippen molar-refractivity contribution in [3.05, 3.63) is 101 Å². The zero-order chi connectivity index (χ0) is 24.7. The third-order valence-corrected chi connectivity index (χ3v) is 8.87. The van der Waals surface area contributed by atoms with Gasteiger partial charge in [-0.25, -0.2) is 0 Å². The molecule has 37 heavy (non-hydrogen) atoms. The summed E-state index contributed by atoms with van der Waals surface area (Å²) in [5.41, 5.74) is 17.5. The number of benzene rings is 5.